The van der Waals surface area contributed by atoms with Crippen molar-refractivity contribution >= 4 is 15.9 Å². The van der Waals surface area contributed by atoms with Gasteiger partial charge in [0.05, 0.1) is 25.7 Å². The average molecular weight is 397 g/mol. The molecule has 0 spiro atoms. The first kappa shape index (κ1) is 19.9. The molecule has 0 atom stereocenters. The maximum atomic E-state index is 13.4. The van der Waals surface area contributed by atoms with E-state index < -0.39 is 10.0 Å². The second kappa shape index (κ2) is 8.48. The summed E-state index contributed by atoms with van der Waals surface area (Å²) >= 11 is 0. The number of carbonyl (C=O) groups is 1. The Hall–Kier alpha value is -1.80. The Morgan fingerprint density at radius 2 is 1.74 bits per heavy atom. The van der Waals surface area contributed by atoms with Gasteiger partial charge in [-0.3, -0.25) is 4.79 Å². The summed E-state index contributed by atoms with van der Waals surface area (Å²) in [5, 5.41) is 2.90. The predicted molar refractivity (Wildman–Crippen MR) is 101 cm³/mol. The molecule has 2 aliphatic carbocycles. The van der Waals surface area contributed by atoms with Crippen LogP contribution in [-0.4, -0.2) is 51.5 Å². The molecule has 1 aromatic carbocycles. The van der Waals surface area contributed by atoms with Crippen LogP contribution in [0.15, 0.2) is 23.1 Å². The molecule has 0 radical (unpaired) electrons. The van der Waals surface area contributed by atoms with E-state index >= 15 is 0 Å². The molecule has 1 N–H and O–H groups in total. The van der Waals surface area contributed by atoms with Crippen molar-refractivity contribution < 1.29 is 22.7 Å². The Kier molecular flexibility index (Phi) is 6.26. The molecule has 0 saturated heterocycles. The van der Waals surface area contributed by atoms with E-state index in [9.17, 15) is 13.2 Å². The fourth-order valence-electron chi connectivity index (χ4n) is 3.53. The summed E-state index contributed by atoms with van der Waals surface area (Å²) in [6.07, 6.45) is 6.57. The molecule has 3 rings (SSSR count). The average Bonchev–Trinajstić information content (AvgIpc) is 3.50. The Bertz CT molecular complexity index is 770. The van der Waals surface area contributed by atoms with Gasteiger partial charge in [-0.1, -0.05) is 19.3 Å². The zero-order valence-electron chi connectivity index (χ0n) is 15.9. The van der Waals surface area contributed by atoms with E-state index in [1.54, 1.807) is 6.07 Å². The predicted octanol–water partition coefficient (Wildman–Crippen LogP) is 2.31. The Morgan fingerprint density at radius 3 is 2.33 bits per heavy atom. The molecule has 150 valence electrons. The van der Waals surface area contributed by atoms with Gasteiger partial charge >= 0.3 is 0 Å². The number of hydrogen-bond acceptors (Lipinski definition) is 5. The number of hydrogen-bond donors (Lipinski definition) is 1. The van der Waals surface area contributed by atoms with Crippen LogP contribution in [0, 0.1) is 0 Å². The lowest BCUT2D eigenvalue weighted by Gasteiger charge is -2.33. The van der Waals surface area contributed by atoms with E-state index in [0.717, 1.165) is 44.9 Å². The first-order valence-electron chi connectivity index (χ1n) is 9.49. The van der Waals surface area contributed by atoms with Gasteiger partial charge in [0.2, 0.25) is 15.9 Å². The monoisotopic (exact) mass is 396 g/mol. The van der Waals surface area contributed by atoms with E-state index in [2.05, 4.69) is 5.32 Å². The van der Waals surface area contributed by atoms with Gasteiger partial charge in [-0.15, -0.1) is 0 Å². The van der Waals surface area contributed by atoms with Gasteiger partial charge < -0.3 is 14.8 Å². The third kappa shape index (κ3) is 4.73. The molecule has 2 fully saturated rings. The molecule has 0 bridgehead atoms. The quantitative estimate of drug-likeness (QED) is 0.729. The van der Waals surface area contributed by atoms with Crippen LogP contribution >= 0.6 is 0 Å². The molecule has 1 amide bonds. The molecule has 0 aromatic heterocycles. The molecular formula is C19H28N2O5S. The Labute approximate surface area is 161 Å². The van der Waals surface area contributed by atoms with Gasteiger partial charge in [-0.05, 0) is 37.8 Å². The van der Waals surface area contributed by atoms with Crippen molar-refractivity contribution in [2.24, 2.45) is 0 Å². The lowest BCUT2D eigenvalue weighted by molar-refractivity contribution is -0.121. The van der Waals surface area contributed by atoms with Gasteiger partial charge in [-0.2, -0.15) is 4.31 Å². The number of nitrogens with zero attached hydrogens (tertiary/aromatic N) is 1. The first-order valence-corrected chi connectivity index (χ1v) is 10.9. The van der Waals surface area contributed by atoms with Crippen LogP contribution in [0.4, 0.5) is 0 Å². The molecule has 2 saturated carbocycles. The molecule has 0 heterocycles. The van der Waals surface area contributed by atoms with Crippen LogP contribution in [0.2, 0.25) is 0 Å². The lowest BCUT2D eigenvalue weighted by Crippen LogP contribution is -2.47. The fraction of sp³-hybridized carbons (Fsp3) is 0.632. The van der Waals surface area contributed by atoms with Gasteiger partial charge in [0.25, 0.3) is 0 Å². The number of amides is 1. The Balaban J connectivity index is 1.89. The van der Waals surface area contributed by atoms with Crippen molar-refractivity contribution in [3.8, 4) is 11.5 Å². The topological polar surface area (TPSA) is 84.9 Å². The van der Waals surface area contributed by atoms with Gasteiger partial charge in [0, 0.05) is 18.2 Å². The summed E-state index contributed by atoms with van der Waals surface area (Å²) in [5.41, 5.74) is 0. The third-order valence-electron chi connectivity index (χ3n) is 5.19. The summed E-state index contributed by atoms with van der Waals surface area (Å²) in [4.78, 5) is 12.5. The summed E-state index contributed by atoms with van der Waals surface area (Å²) in [6.45, 7) is -0.141. The molecule has 1 aromatic rings. The number of carbonyl (C=O) groups excluding carboxylic acids is 1. The van der Waals surface area contributed by atoms with Crippen LogP contribution in [0.5, 0.6) is 11.5 Å². The molecule has 0 aliphatic heterocycles. The van der Waals surface area contributed by atoms with E-state index in [0.29, 0.717) is 11.5 Å². The molecule has 8 heteroatoms. The highest BCUT2D eigenvalue weighted by Gasteiger charge is 2.35. The minimum Gasteiger partial charge on any atom is -0.493 e. The highest BCUT2D eigenvalue weighted by Crippen LogP contribution is 2.33. The first-order chi connectivity index (χ1) is 13.0. The third-order valence-corrected chi connectivity index (χ3v) is 7.08. The van der Waals surface area contributed by atoms with Gasteiger partial charge in [0.15, 0.2) is 11.5 Å². The minimum absolute atomic E-state index is 0.116. The second-order valence-electron chi connectivity index (χ2n) is 7.20. The standard InChI is InChI=1S/C19H28N2O5S/c1-25-17-11-10-16(12-18(17)26-2)27(23,24)21(15-6-4-3-5-7-15)13-19(22)20-14-8-9-14/h10-12,14-15H,3-9,13H2,1-2H3,(H,20,22). The Morgan fingerprint density at radius 1 is 1.07 bits per heavy atom. The second-order valence-corrected chi connectivity index (χ2v) is 9.09. The smallest absolute Gasteiger partial charge is 0.243 e. The van der Waals surface area contributed by atoms with Gasteiger partial charge in [0.1, 0.15) is 0 Å². The summed E-state index contributed by atoms with van der Waals surface area (Å²) in [5.74, 6) is 0.587. The summed E-state index contributed by atoms with van der Waals surface area (Å²) in [6, 6.07) is 4.60. The van der Waals surface area contributed by atoms with Crippen molar-refractivity contribution in [2.45, 2.75) is 61.9 Å². The van der Waals surface area contributed by atoms with E-state index in [1.165, 1.54) is 30.7 Å². The van der Waals surface area contributed by atoms with Crippen LogP contribution in [0.25, 0.3) is 0 Å². The van der Waals surface area contributed by atoms with Crippen LogP contribution in [-0.2, 0) is 14.8 Å². The largest absolute Gasteiger partial charge is 0.493 e. The zero-order valence-corrected chi connectivity index (χ0v) is 16.8. The molecule has 0 unspecified atom stereocenters. The highest BCUT2D eigenvalue weighted by atomic mass is 32.2. The van der Waals surface area contributed by atoms with E-state index in [4.69, 9.17) is 9.47 Å². The molecule has 7 nitrogen and oxygen atoms in total. The fourth-order valence-corrected chi connectivity index (χ4v) is 5.19. The summed E-state index contributed by atoms with van der Waals surface area (Å²) in [7, 11) is -0.861. The molecule has 2 aliphatic rings. The number of benzene rings is 1. The highest BCUT2D eigenvalue weighted by molar-refractivity contribution is 7.89. The summed E-state index contributed by atoms with van der Waals surface area (Å²) < 4.78 is 38.6. The van der Waals surface area contributed by atoms with Crippen LogP contribution in [0.3, 0.4) is 0 Å². The van der Waals surface area contributed by atoms with E-state index in [1.807, 2.05) is 0 Å². The normalized spacial score (nSPS) is 18.3. The van der Waals surface area contributed by atoms with Crippen molar-refractivity contribution in [3.63, 3.8) is 0 Å². The zero-order chi connectivity index (χ0) is 19.4. The van der Waals surface area contributed by atoms with Gasteiger partial charge in [-0.25, -0.2) is 8.42 Å². The van der Waals surface area contributed by atoms with E-state index in [-0.39, 0.29) is 29.4 Å². The number of sulfonamides is 1. The van der Waals surface area contributed by atoms with Crippen molar-refractivity contribution in [2.75, 3.05) is 20.8 Å². The molecular weight excluding hydrogens is 368 g/mol. The van der Waals surface area contributed by atoms with Crippen LogP contribution < -0.4 is 14.8 Å². The number of nitrogens with one attached hydrogen (secondary N) is 1. The number of ether oxygens (including phenoxy) is 2. The maximum absolute atomic E-state index is 13.4. The van der Waals surface area contributed by atoms with Crippen molar-refractivity contribution in [3.05, 3.63) is 18.2 Å². The number of rotatable bonds is 8. The van der Waals surface area contributed by atoms with Crippen molar-refractivity contribution in [1.29, 1.82) is 0 Å². The molecule has 27 heavy (non-hydrogen) atoms. The maximum Gasteiger partial charge on any atom is 0.243 e. The van der Waals surface area contributed by atoms with Crippen LogP contribution in [0.1, 0.15) is 44.9 Å². The lowest BCUT2D eigenvalue weighted by atomic mass is 9.95. The minimum atomic E-state index is -3.83. The SMILES string of the molecule is COc1ccc(S(=O)(=O)N(CC(=O)NC2CC2)C2CCCCC2)cc1OC. The van der Waals surface area contributed by atoms with Crippen molar-refractivity contribution in [1.82, 2.24) is 9.62 Å². The number of methoxy groups -OCH3 is 2.